The fourth-order valence-corrected chi connectivity index (χ4v) is 1.20. The van der Waals surface area contributed by atoms with Gasteiger partial charge in [0.05, 0.1) is 59.0 Å². The molecule has 1 atom stereocenters. The third-order valence-corrected chi connectivity index (χ3v) is 1.97. The topological polar surface area (TPSA) is 77.4 Å². The van der Waals surface area contributed by atoms with Crippen molar-refractivity contribution in [2.24, 2.45) is 0 Å². The molecule has 0 saturated heterocycles. The fraction of sp³-hybridized carbons (Fsp3) is 1.00. The Kier molecular flexibility index (Phi) is 13.0. The summed E-state index contributed by atoms with van der Waals surface area (Å²) in [6.45, 7) is 6.17. The number of ether oxygens (including phenoxy) is 4. The zero-order valence-electron chi connectivity index (χ0n) is 11.3. The number of aliphatic hydroxyl groups excluding tert-OH is 2. The second-order valence-electron chi connectivity index (χ2n) is 4.01. The van der Waals surface area contributed by atoms with Crippen LogP contribution in [0.3, 0.4) is 0 Å². The van der Waals surface area contributed by atoms with Crippen molar-refractivity contribution in [1.82, 2.24) is 0 Å². The molecule has 1 unspecified atom stereocenters. The number of hydrogen-bond donors (Lipinski definition) is 2. The SMILES string of the molecule is CC(C)OCCOCC(COCCO)OCCO. The van der Waals surface area contributed by atoms with Crippen molar-refractivity contribution in [1.29, 1.82) is 0 Å². The van der Waals surface area contributed by atoms with Crippen molar-refractivity contribution in [3.63, 3.8) is 0 Å². The summed E-state index contributed by atoms with van der Waals surface area (Å²) >= 11 is 0. The summed E-state index contributed by atoms with van der Waals surface area (Å²) in [5, 5.41) is 17.3. The van der Waals surface area contributed by atoms with Gasteiger partial charge < -0.3 is 29.2 Å². The summed E-state index contributed by atoms with van der Waals surface area (Å²) in [5.41, 5.74) is 0. The van der Waals surface area contributed by atoms with Crippen molar-refractivity contribution >= 4 is 0 Å². The molecule has 6 nitrogen and oxygen atoms in total. The van der Waals surface area contributed by atoms with Crippen LogP contribution in [0.1, 0.15) is 13.8 Å². The zero-order chi connectivity index (χ0) is 13.6. The van der Waals surface area contributed by atoms with Crippen molar-refractivity contribution in [2.45, 2.75) is 26.1 Å². The van der Waals surface area contributed by atoms with E-state index in [-0.39, 0.29) is 38.6 Å². The summed E-state index contributed by atoms with van der Waals surface area (Å²) in [6.07, 6.45) is -0.0364. The predicted octanol–water partition coefficient (Wildman–Crippen LogP) is -0.186. The molecule has 0 spiro atoms. The van der Waals surface area contributed by atoms with E-state index in [0.29, 0.717) is 26.4 Å². The molecular formula is C12H26O6. The Morgan fingerprint density at radius 3 is 1.94 bits per heavy atom. The lowest BCUT2D eigenvalue weighted by atomic mass is 10.4. The van der Waals surface area contributed by atoms with Gasteiger partial charge in [0, 0.05) is 0 Å². The van der Waals surface area contributed by atoms with Crippen LogP contribution in [0, 0.1) is 0 Å². The minimum absolute atomic E-state index is 0.0181. The van der Waals surface area contributed by atoms with Crippen LogP contribution >= 0.6 is 0 Å². The number of rotatable bonds is 13. The lowest BCUT2D eigenvalue weighted by Gasteiger charge is -2.17. The minimum Gasteiger partial charge on any atom is -0.394 e. The van der Waals surface area contributed by atoms with E-state index >= 15 is 0 Å². The first-order chi connectivity index (χ1) is 8.70. The average Bonchev–Trinajstić information content (AvgIpc) is 2.34. The van der Waals surface area contributed by atoms with Crippen molar-refractivity contribution in [3.05, 3.63) is 0 Å². The van der Waals surface area contributed by atoms with Gasteiger partial charge in [-0.1, -0.05) is 0 Å². The Balaban J connectivity index is 3.58. The summed E-state index contributed by atoms with van der Waals surface area (Å²) in [4.78, 5) is 0. The number of aliphatic hydroxyl groups is 2. The Bertz CT molecular complexity index is 165. The van der Waals surface area contributed by atoms with Crippen LogP contribution < -0.4 is 0 Å². The van der Waals surface area contributed by atoms with Gasteiger partial charge in [-0.3, -0.25) is 0 Å². The molecule has 0 aliphatic carbocycles. The van der Waals surface area contributed by atoms with Crippen LogP contribution in [0.2, 0.25) is 0 Å². The Labute approximate surface area is 109 Å². The molecule has 2 N–H and O–H groups in total. The first-order valence-corrected chi connectivity index (χ1v) is 6.31. The molecule has 0 saturated carbocycles. The Morgan fingerprint density at radius 2 is 1.39 bits per heavy atom. The van der Waals surface area contributed by atoms with E-state index in [9.17, 15) is 0 Å². The van der Waals surface area contributed by atoms with Gasteiger partial charge >= 0.3 is 0 Å². The van der Waals surface area contributed by atoms with Crippen LogP contribution in [0.5, 0.6) is 0 Å². The van der Waals surface area contributed by atoms with Gasteiger partial charge in [-0.2, -0.15) is 0 Å². The van der Waals surface area contributed by atoms with Gasteiger partial charge in [0.15, 0.2) is 0 Å². The van der Waals surface area contributed by atoms with E-state index in [0.717, 1.165) is 0 Å². The van der Waals surface area contributed by atoms with Crippen LogP contribution in [0.4, 0.5) is 0 Å². The van der Waals surface area contributed by atoms with Gasteiger partial charge in [0.2, 0.25) is 0 Å². The molecule has 0 radical (unpaired) electrons. The van der Waals surface area contributed by atoms with E-state index in [1.165, 1.54) is 0 Å². The third kappa shape index (κ3) is 12.2. The number of hydrogen-bond acceptors (Lipinski definition) is 6. The monoisotopic (exact) mass is 266 g/mol. The summed E-state index contributed by atoms with van der Waals surface area (Å²) in [7, 11) is 0. The normalized spacial score (nSPS) is 13.2. The molecule has 0 rings (SSSR count). The summed E-state index contributed by atoms with van der Waals surface area (Å²) < 4.78 is 21.2. The van der Waals surface area contributed by atoms with E-state index in [2.05, 4.69) is 0 Å². The molecule has 0 amide bonds. The molecule has 6 heteroatoms. The smallest absolute Gasteiger partial charge is 0.104 e. The first-order valence-electron chi connectivity index (χ1n) is 6.31. The molecule has 18 heavy (non-hydrogen) atoms. The molecule has 0 aliphatic heterocycles. The lowest BCUT2D eigenvalue weighted by molar-refractivity contribution is -0.0782. The first kappa shape index (κ1) is 17.8. The summed E-state index contributed by atoms with van der Waals surface area (Å²) in [6, 6.07) is 0. The van der Waals surface area contributed by atoms with Gasteiger partial charge in [-0.25, -0.2) is 0 Å². The van der Waals surface area contributed by atoms with Crippen molar-refractivity contribution in [2.75, 3.05) is 52.9 Å². The van der Waals surface area contributed by atoms with Crippen molar-refractivity contribution in [3.8, 4) is 0 Å². The van der Waals surface area contributed by atoms with Crippen LogP contribution in [-0.2, 0) is 18.9 Å². The van der Waals surface area contributed by atoms with Gasteiger partial charge in [0.1, 0.15) is 6.10 Å². The molecular weight excluding hydrogens is 240 g/mol. The molecule has 0 aliphatic rings. The molecule has 0 fully saturated rings. The quantitative estimate of drug-likeness (QED) is 0.450. The van der Waals surface area contributed by atoms with Crippen molar-refractivity contribution < 1.29 is 29.2 Å². The highest BCUT2D eigenvalue weighted by Crippen LogP contribution is 1.96. The van der Waals surface area contributed by atoms with E-state index < -0.39 is 0 Å². The largest absolute Gasteiger partial charge is 0.394 e. The summed E-state index contributed by atoms with van der Waals surface area (Å²) in [5.74, 6) is 0. The molecule has 110 valence electrons. The Hall–Kier alpha value is -0.240. The van der Waals surface area contributed by atoms with E-state index in [4.69, 9.17) is 29.2 Å². The second-order valence-corrected chi connectivity index (χ2v) is 4.01. The molecule has 0 heterocycles. The van der Waals surface area contributed by atoms with E-state index in [1.54, 1.807) is 0 Å². The van der Waals surface area contributed by atoms with Crippen LogP contribution in [0.15, 0.2) is 0 Å². The average molecular weight is 266 g/mol. The lowest BCUT2D eigenvalue weighted by Crippen LogP contribution is -2.28. The predicted molar refractivity (Wildman–Crippen MR) is 66.6 cm³/mol. The maximum absolute atomic E-state index is 8.69. The van der Waals surface area contributed by atoms with Gasteiger partial charge in [-0.05, 0) is 13.8 Å². The van der Waals surface area contributed by atoms with Crippen LogP contribution in [-0.4, -0.2) is 75.3 Å². The van der Waals surface area contributed by atoms with Crippen LogP contribution in [0.25, 0.3) is 0 Å². The maximum atomic E-state index is 8.69. The minimum atomic E-state index is -0.234. The second kappa shape index (κ2) is 13.2. The highest BCUT2D eigenvalue weighted by Gasteiger charge is 2.09. The maximum Gasteiger partial charge on any atom is 0.104 e. The highest BCUT2D eigenvalue weighted by atomic mass is 16.6. The van der Waals surface area contributed by atoms with E-state index in [1.807, 2.05) is 13.8 Å². The molecule has 0 aromatic heterocycles. The molecule has 0 aromatic rings. The van der Waals surface area contributed by atoms with Gasteiger partial charge in [-0.15, -0.1) is 0 Å². The molecule has 0 aromatic carbocycles. The molecule has 0 bridgehead atoms. The standard InChI is InChI=1S/C12H26O6/c1-11(2)17-8-7-16-10-12(18-6-4-14)9-15-5-3-13/h11-14H,3-10H2,1-2H3. The van der Waals surface area contributed by atoms with Gasteiger partial charge in [0.25, 0.3) is 0 Å². The fourth-order valence-electron chi connectivity index (χ4n) is 1.20. The zero-order valence-corrected chi connectivity index (χ0v) is 11.3. The third-order valence-electron chi connectivity index (χ3n) is 1.97. The highest BCUT2D eigenvalue weighted by molar-refractivity contribution is 4.55. The Morgan fingerprint density at radius 1 is 0.778 bits per heavy atom.